The molecule has 0 N–H and O–H groups in total. The predicted octanol–water partition coefficient (Wildman–Crippen LogP) is 8.74. The molecule has 36 heavy (non-hydrogen) atoms. The van der Waals surface area contributed by atoms with Gasteiger partial charge >= 0.3 is 0 Å². The molecule has 0 fully saturated rings. The summed E-state index contributed by atoms with van der Waals surface area (Å²) in [5.74, 6) is 1.87. The normalized spacial score (nSPS) is 10.9. The molecule has 0 aliphatic heterocycles. The van der Waals surface area contributed by atoms with E-state index in [0.717, 1.165) is 37.7 Å². The molecule has 2 aromatic carbocycles. The molecule has 0 spiro atoms. The van der Waals surface area contributed by atoms with Crippen LogP contribution in [0.5, 0.6) is 11.5 Å². The largest absolute Gasteiger partial charge is 0.497 e. The van der Waals surface area contributed by atoms with Crippen molar-refractivity contribution in [2.24, 2.45) is 0 Å². The van der Waals surface area contributed by atoms with Crippen molar-refractivity contribution in [1.29, 1.82) is 0 Å². The van der Waals surface area contributed by atoms with Gasteiger partial charge in [-0.25, -0.2) is 0 Å². The van der Waals surface area contributed by atoms with Crippen molar-refractivity contribution < 1.29 is 9.47 Å². The lowest BCUT2D eigenvalue weighted by Crippen LogP contribution is -2.25. The number of unbranched alkanes of at least 4 members (excludes halogenated alkanes) is 9. The summed E-state index contributed by atoms with van der Waals surface area (Å²) < 4.78 is 10.6. The number of benzene rings is 2. The van der Waals surface area contributed by atoms with Gasteiger partial charge in [0, 0.05) is 37.6 Å². The number of methoxy groups -OCH3 is 2. The second-order valence-electron chi connectivity index (χ2n) is 9.91. The highest BCUT2D eigenvalue weighted by Gasteiger charge is 2.08. The smallest absolute Gasteiger partial charge is 0.119 e. The summed E-state index contributed by atoms with van der Waals surface area (Å²) in [6, 6.07) is 17.1. The van der Waals surface area contributed by atoms with Gasteiger partial charge in [0.05, 0.1) is 14.2 Å². The minimum Gasteiger partial charge on any atom is -0.497 e. The topological polar surface area (TPSA) is 24.9 Å². The van der Waals surface area contributed by atoms with E-state index < -0.39 is 0 Å². The number of hydrogen-bond acceptors (Lipinski definition) is 4. The van der Waals surface area contributed by atoms with Crippen molar-refractivity contribution in [3.8, 4) is 11.5 Å². The van der Waals surface area contributed by atoms with E-state index in [-0.39, 0.29) is 0 Å². The maximum absolute atomic E-state index is 5.32. The van der Waals surface area contributed by atoms with Gasteiger partial charge in [0.25, 0.3) is 0 Å². The minimum atomic E-state index is 0.934. The summed E-state index contributed by atoms with van der Waals surface area (Å²) in [4.78, 5) is 5.10. The first-order valence-electron chi connectivity index (χ1n) is 14.5. The van der Waals surface area contributed by atoms with Gasteiger partial charge in [-0.05, 0) is 74.2 Å². The van der Waals surface area contributed by atoms with E-state index in [1.165, 1.54) is 88.4 Å². The Kier molecular flexibility index (Phi) is 15.6. The van der Waals surface area contributed by atoms with Gasteiger partial charge in [0.1, 0.15) is 11.5 Å². The zero-order valence-electron chi connectivity index (χ0n) is 23.6. The molecule has 4 nitrogen and oxygen atoms in total. The van der Waals surface area contributed by atoms with Gasteiger partial charge in [0.2, 0.25) is 0 Å². The fourth-order valence-corrected chi connectivity index (χ4v) is 4.69. The maximum Gasteiger partial charge on any atom is 0.119 e. The summed E-state index contributed by atoms with van der Waals surface area (Å²) in [5.41, 5.74) is 2.65. The molecule has 0 aliphatic rings. The third kappa shape index (κ3) is 11.6. The molecule has 2 aromatic rings. The van der Waals surface area contributed by atoms with E-state index in [0.29, 0.717) is 0 Å². The summed E-state index contributed by atoms with van der Waals surface area (Å²) in [6.07, 6.45) is 15.7. The molecule has 0 atom stereocenters. The molecule has 0 bridgehead atoms. The van der Waals surface area contributed by atoms with Gasteiger partial charge in [-0.1, -0.05) is 65.2 Å². The van der Waals surface area contributed by atoms with Crippen molar-refractivity contribution in [3.63, 3.8) is 0 Å². The Labute approximate surface area is 222 Å². The van der Waals surface area contributed by atoms with Crippen LogP contribution in [0.2, 0.25) is 0 Å². The van der Waals surface area contributed by atoms with E-state index in [9.17, 15) is 0 Å². The van der Waals surface area contributed by atoms with Crippen LogP contribution in [0, 0.1) is 0 Å². The predicted molar refractivity (Wildman–Crippen MR) is 157 cm³/mol. The Hall–Kier alpha value is -2.36. The van der Waals surface area contributed by atoms with Gasteiger partial charge in [0.15, 0.2) is 0 Å². The molecule has 0 saturated heterocycles. The standard InChI is InChI=1S/C32H52N2O2/c1-5-7-25-33(29-17-21-31(35-3)22-18-29)27-15-13-11-9-10-12-14-16-28-34(26-8-6-2)30-19-23-32(36-4)24-20-30/h17-24H,5-16,25-28H2,1-4H3. The van der Waals surface area contributed by atoms with Crippen LogP contribution < -0.4 is 19.3 Å². The first-order valence-corrected chi connectivity index (χ1v) is 14.5. The molecule has 0 heterocycles. The molecular weight excluding hydrogens is 444 g/mol. The first-order chi connectivity index (χ1) is 17.7. The highest BCUT2D eigenvalue weighted by atomic mass is 16.5. The molecule has 0 amide bonds. The summed E-state index contributed by atoms with van der Waals surface area (Å²) >= 11 is 0. The Morgan fingerprint density at radius 1 is 0.444 bits per heavy atom. The van der Waals surface area contributed by atoms with E-state index in [1.54, 1.807) is 14.2 Å². The zero-order valence-corrected chi connectivity index (χ0v) is 23.6. The van der Waals surface area contributed by atoms with E-state index in [4.69, 9.17) is 9.47 Å². The number of nitrogens with zero attached hydrogens (tertiary/aromatic N) is 2. The Morgan fingerprint density at radius 2 is 0.750 bits per heavy atom. The molecule has 4 heteroatoms. The summed E-state index contributed by atoms with van der Waals surface area (Å²) in [6.45, 7) is 9.15. The summed E-state index contributed by atoms with van der Waals surface area (Å²) in [7, 11) is 3.46. The lowest BCUT2D eigenvalue weighted by molar-refractivity contribution is 0.414. The average molecular weight is 497 g/mol. The second-order valence-corrected chi connectivity index (χ2v) is 9.91. The maximum atomic E-state index is 5.32. The molecule has 0 aliphatic carbocycles. The highest BCUT2D eigenvalue weighted by Crippen LogP contribution is 2.22. The van der Waals surface area contributed by atoms with E-state index >= 15 is 0 Å². The van der Waals surface area contributed by atoms with Crippen molar-refractivity contribution >= 4 is 11.4 Å². The van der Waals surface area contributed by atoms with Crippen LogP contribution in [0.1, 0.15) is 90.9 Å². The molecule has 0 radical (unpaired) electrons. The van der Waals surface area contributed by atoms with Gasteiger partial charge < -0.3 is 19.3 Å². The van der Waals surface area contributed by atoms with E-state index in [1.807, 2.05) is 0 Å². The lowest BCUT2D eigenvalue weighted by atomic mass is 10.1. The minimum absolute atomic E-state index is 0.934. The van der Waals surface area contributed by atoms with Crippen LogP contribution >= 0.6 is 0 Å². The Morgan fingerprint density at radius 3 is 1.06 bits per heavy atom. The van der Waals surface area contributed by atoms with Crippen LogP contribution in [-0.2, 0) is 0 Å². The highest BCUT2D eigenvalue weighted by molar-refractivity contribution is 5.49. The molecule has 0 saturated carbocycles. The van der Waals surface area contributed by atoms with Crippen molar-refractivity contribution in [2.75, 3.05) is 50.2 Å². The van der Waals surface area contributed by atoms with Crippen LogP contribution in [0.25, 0.3) is 0 Å². The fourth-order valence-electron chi connectivity index (χ4n) is 4.69. The number of ether oxygens (including phenoxy) is 2. The number of rotatable bonds is 21. The Balaban J connectivity index is 1.59. The van der Waals surface area contributed by atoms with Crippen molar-refractivity contribution in [3.05, 3.63) is 48.5 Å². The lowest BCUT2D eigenvalue weighted by Gasteiger charge is -2.25. The van der Waals surface area contributed by atoms with Gasteiger partial charge in [-0.3, -0.25) is 0 Å². The molecule has 0 aromatic heterocycles. The molecule has 0 unspecified atom stereocenters. The monoisotopic (exact) mass is 496 g/mol. The average Bonchev–Trinajstić information content (AvgIpc) is 2.93. The Bertz CT molecular complexity index is 708. The molecular formula is C32H52N2O2. The van der Waals surface area contributed by atoms with Crippen molar-refractivity contribution in [2.45, 2.75) is 90.9 Å². The van der Waals surface area contributed by atoms with Gasteiger partial charge in [-0.15, -0.1) is 0 Å². The summed E-state index contributed by atoms with van der Waals surface area (Å²) in [5, 5.41) is 0. The third-order valence-corrected chi connectivity index (χ3v) is 7.04. The number of anilines is 2. The third-order valence-electron chi connectivity index (χ3n) is 7.04. The second kappa shape index (κ2) is 18.8. The quantitative estimate of drug-likeness (QED) is 0.161. The SMILES string of the molecule is CCCCN(CCCCCCCCCCN(CCCC)c1ccc(OC)cc1)c1ccc(OC)cc1. The molecule has 202 valence electrons. The van der Waals surface area contributed by atoms with Crippen molar-refractivity contribution in [1.82, 2.24) is 0 Å². The van der Waals surface area contributed by atoms with Crippen LogP contribution in [0.15, 0.2) is 48.5 Å². The zero-order chi connectivity index (χ0) is 25.8. The first kappa shape index (κ1) is 29.9. The van der Waals surface area contributed by atoms with Gasteiger partial charge in [-0.2, -0.15) is 0 Å². The molecule has 2 rings (SSSR count). The van der Waals surface area contributed by atoms with E-state index in [2.05, 4.69) is 72.2 Å². The van der Waals surface area contributed by atoms with Crippen LogP contribution in [-0.4, -0.2) is 40.4 Å². The fraction of sp³-hybridized carbons (Fsp3) is 0.625. The van der Waals surface area contributed by atoms with Crippen LogP contribution in [0.3, 0.4) is 0 Å². The van der Waals surface area contributed by atoms with Crippen LogP contribution in [0.4, 0.5) is 11.4 Å². The number of hydrogen-bond donors (Lipinski definition) is 0.